The van der Waals surface area contributed by atoms with Crippen LogP contribution in [0.3, 0.4) is 0 Å². The minimum atomic E-state index is -0.573. The van der Waals surface area contributed by atoms with E-state index in [9.17, 15) is 9.59 Å². The third-order valence-corrected chi connectivity index (χ3v) is 2.73. The Morgan fingerprint density at radius 1 is 1.30 bits per heavy atom. The minimum Gasteiger partial charge on any atom is -0.497 e. The highest BCUT2D eigenvalue weighted by Crippen LogP contribution is 2.27. The van der Waals surface area contributed by atoms with Gasteiger partial charge in [0, 0.05) is 13.0 Å². The van der Waals surface area contributed by atoms with Crippen LogP contribution < -0.4 is 21.1 Å². The van der Waals surface area contributed by atoms with Gasteiger partial charge in [-0.05, 0) is 18.6 Å². The largest absolute Gasteiger partial charge is 0.497 e. The van der Waals surface area contributed by atoms with Gasteiger partial charge in [0.1, 0.15) is 5.75 Å². The van der Waals surface area contributed by atoms with Crippen molar-refractivity contribution in [2.45, 2.75) is 32.7 Å². The number of anilines is 2. The first-order valence-electron chi connectivity index (χ1n) is 6.50. The van der Waals surface area contributed by atoms with Crippen molar-refractivity contribution in [3.8, 4) is 5.75 Å². The molecule has 0 aromatic heterocycles. The van der Waals surface area contributed by atoms with Gasteiger partial charge in [-0.2, -0.15) is 0 Å². The third-order valence-electron chi connectivity index (χ3n) is 2.73. The molecule has 2 amide bonds. The normalized spacial score (nSPS) is 11.6. The van der Waals surface area contributed by atoms with Gasteiger partial charge < -0.3 is 21.1 Å². The van der Waals surface area contributed by atoms with Crippen molar-refractivity contribution >= 4 is 23.2 Å². The molecule has 6 nitrogen and oxygen atoms in total. The van der Waals surface area contributed by atoms with Gasteiger partial charge in [0.25, 0.3) is 0 Å². The molecule has 4 N–H and O–H groups in total. The van der Waals surface area contributed by atoms with Crippen molar-refractivity contribution in [1.29, 1.82) is 0 Å². The van der Waals surface area contributed by atoms with Crippen molar-refractivity contribution in [2.75, 3.05) is 17.7 Å². The van der Waals surface area contributed by atoms with E-state index >= 15 is 0 Å². The average Bonchev–Trinajstić information content (AvgIpc) is 2.40. The number of hydrogen-bond acceptors (Lipinski definition) is 4. The number of ether oxygens (including phenoxy) is 1. The first-order valence-corrected chi connectivity index (χ1v) is 6.50. The predicted octanol–water partition coefficient (Wildman–Crippen LogP) is 1.72. The molecule has 0 heterocycles. The molecular formula is C14H21N3O3. The third kappa shape index (κ3) is 4.55. The highest BCUT2D eigenvalue weighted by Gasteiger charge is 2.15. The SMILES string of the molecule is CCCC(N)C(=O)Nc1cc(OC)ccc1NC(C)=O. The van der Waals surface area contributed by atoms with Crippen LogP contribution in [0.15, 0.2) is 18.2 Å². The first-order chi connectivity index (χ1) is 9.47. The van der Waals surface area contributed by atoms with Crippen LogP contribution >= 0.6 is 0 Å². The van der Waals surface area contributed by atoms with Crippen LogP contribution in [0.5, 0.6) is 5.75 Å². The molecule has 1 unspecified atom stereocenters. The quantitative estimate of drug-likeness (QED) is 0.739. The molecular weight excluding hydrogens is 258 g/mol. The van der Waals surface area contributed by atoms with E-state index in [4.69, 9.17) is 10.5 Å². The van der Waals surface area contributed by atoms with Crippen LogP contribution in [0.4, 0.5) is 11.4 Å². The van der Waals surface area contributed by atoms with Gasteiger partial charge in [0.15, 0.2) is 0 Å². The fraction of sp³-hybridized carbons (Fsp3) is 0.429. The number of amides is 2. The molecule has 20 heavy (non-hydrogen) atoms. The first kappa shape index (κ1) is 16.0. The van der Waals surface area contributed by atoms with Gasteiger partial charge >= 0.3 is 0 Å². The van der Waals surface area contributed by atoms with Gasteiger partial charge in [0.05, 0.1) is 24.5 Å². The van der Waals surface area contributed by atoms with Gasteiger partial charge in [-0.3, -0.25) is 9.59 Å². The van der Waals surface area contributed by atoms with E-state index in [-0.39, 0.29) is 11.8 Å². The Morgan fingerprint density at radius 2 is 2.00 bits per heavy atom. The molecule has 110 valence electrons. The van der Waals surface area contributed by atoms with E-state index in [1.54, 1.807) is 18.2 Å². The van der Waals surface area contributed by atoms with Crippen molar-refractivity contribution < 1.29 is 14.3 Å². The second-order valence-electron chi connectivity index (χ2n) is 4.48. The molecule has 0 radical (unpaired) electrons. The maximum Gasteiger partial charge on any atom is 0.241 e. The van der Waals surface area contributed by atoms with Crippen LogP contribution in [-0.4, -0.2) is 25.0 Å². The lowest BCUT2D eigenvalue weighted by molar-refractivity contribution is -0.117. The number of rotatable bonds is 6. The van der Waals surface area contributed by atoms with Crippen molar-refractivity contribution in [1.82, 2.24) is 0 Å². The van der Waals surface area contributed by atoms with Gasteiger partial charge in [-0.1, -0.05) is 13.3 Å². The number of carbonyl (C=O) groups is 2. The summed E-state index contributed by atoms with van der Waals surface area (Å²) in [6.45, 7) is 3.36. The zero-order valence-electron chi connectivity index (χ0n) is 12.0. The number of nitrogens with one attached hydrogen (secondary N) is 2. The fourth-order valence-electron chi connectivity index (χ4n) is 1.72. The molecule has 0 spiro atoms. The lowest BCUT2D eigenvalue weighted by Crippen LogP contribution is -2.35. The summed E-state index contributed by atoms with van der Waals surface area (Å²) in [6, 6.07) is 4.44. The summed E-state index contributed by atoms with van der Waals surface area (Å²) in [6.07, 6.45) is 1.43. The Bertz CT molecular complexity index is 489. The van der Waals surface area contributed by atoms with Crippen LogP contribution in [0.25, 0.3) is 0 Å². The number of hydrogen-bond donors (Lipinski definition) is 3. The molecule has 0 saturated carbocycles. The Kier molecular flexibility index (Phi) is 5.99. The Labute approximate surface area is 118 Å². The van der Waals surface area contributed by atoms with Crippen LogP contribution in [0, 0.1) is 0 Å². The van der Waals surface area contributed by atoms with E-state index in [2.05, 4.69) is 10.6 Å². The molecule has 6 heteroatoms. The van der Waals surface area contributed by atoms with E-state index in [0.29, 0.717) is 23.5 Å². The van der Waals surface area contributed by atoms with Crippen LogP contribution in [0.2, 0.25) is 0 Å². The molecule has 0 aliphatic rings. The maximum atomic E-state index is 12.0. The van der Waals surface area contributed by atoms with E-state index in [1.807, 2.05) is 6.92 Å². The van der Waals surface area contributed by atoms with E-state index in [0.717, 1.165) is 6.42 Å². The van der Waals surface area contributed by atoms with Crippen molar-refractivity contribution in [3.05, 3.63) is 18.2 Å². The van der Waals surface area contributed by atoms with Gasteiger partial charge in [-0.15, -0.1) is 0 Å². The molecule has 0 aliphatic heterocycles. The topological polar surface area (TPSA) is 93.5 Å². The van der Waals surface area contributed by atoms with Crippen LogP contribution in [0.1, 0.15) is 26.7 Å². The summed E-state index contributed by atoms with van der Waals surface area (Å²) >= 11 is 0. The second kappa shape index (κ2) is 7.49. The summed E-state index contributed by atoms with van der Waals surface area (Å²) in [5.41, 5.74) is 6.75. The zero-order chi connectivity index (χ0) is 15.1. The average molecular weight is 279 g/mol. The maximum absolute atomic E-state index is 12.0. The highest BCUT2D eigenvalue weighted by atomic mass is 16.5. The second-order valence-corrected chi connectivity index (χ2v) is 4.48. The fourth-order valence-corrected chi connectivity index (χ4v) is 1.72. The number of benzene rings is 1. The van der Waals surface area contributed by atoms with Crippen molar-refractivity contribution in [3.63, 3.8) is 0 Å². The molecule has 0 bridgehead atoms. The summed E-state index contributed by atoms with van der Waals surface area (Å²) < 4.78 is 5.11. The smallest absolute Gasteiger partial charge is 0.241 e. The molecule has 1 atom stereocenters. The van der Waals surface area contributed by atoms with Crippen molar-refractivity contribution in [2.24, 2.45) is 5.73 Å². The standard InChI is InChI=1S/C14H21N3O3/c1-4-5-11(15)14(19)17-13-8-10(20-3)6-7-12(13)16-9(2)18/h6-8,11H,4-5,15H2,1-3H3,(H,16,18)(H,17,19). The summed E-state index contributed by atoms with van der Waals surface area (Å²) in [7, 11) is 1.53. The molecule has 1 rings (SSSR count). The van der Waals surface area contributed by atoms with E-state index in [1.165, 1.54) is 14.0 Å². The Morgan fingerprint density at radius 3 is 2.55 bits per heavy atom. The summed E-state index contributed by atoms with van der Waals surface area (Å²) in [5.74, 6) is 0.0775. The van der Waals surface area contributed by atoms with Gasteiger partial charge in [0.2, 0.25) is 11.8 Å². The van der Waals surface area contributed by atoms with Crippen LogP contribution in [-0.2, 0) is 9.59 Å². The van der Waals surface area contributed by atoms with E-state index < -0.39 is 6.04 Å². The lowest BCUT2D eigenvalue weighted by atomic mass is 10.1. The number of nitrogens with two attached hydrogens (primary N) is 1. The summed E-state index contributed by atoms with van der Waals surface area (Å²) in [4.78, 5) is 23.1. The number of carbonyl (C=O) groups excluding carboxylic acids is 2. The molecule has 0 fully saturated rings. The molecule has 1 aromatic rings. The molecule has 1 aromatic carbocycles. The highest BCUT2D eigenvalue weighted by molar-refractivity contribution is 6.01. The lowest BCUT2D eigenvalue weighted by Gasteiger charge is -2.15. The predicted molar refractivity (Wildman–Crippen MR) is 78.8 cm³/mol. The van der Waals surface area contributed by atoms with Gasteiger partial charge in [-0.25, -0.2) is 0 Å². The molecule has 0 saturated heterocycles. The zero-order valence-corrected chi connectivity index (χ0v) is 12.0. The number of methoxy groups -OCH3 is 1. The minimum absolute atomic E-state index is 0.219. The monoisotopic (exact) mass is 279 g/mol. The Hall–Kier alpha value is -2.08. The summed E-state index contributed by atoms with van der Waals surface area (Å²) in [5, 5.41) is 5.37. The Balaban J connectivity index is 2.94. The molecule has 0 aliphatic carbocycles.